The van der Waals surface area contributed by atoms with Crippen LogP contribution in [-0.2, 0) is 16.1 Å². The van der Waals surface area contributed by atoms with E-state index in [4.69, 9.17) is 21.1 Å². The Labute approximate surface area is 154 Å². The molecule has 0 aliphatic heterocycles. The third-order valence-corrected chi connectivity index (χ3v) is 4.16. The second-order valence-electron chi connectivity index (χ2n) is 5.77. The number of halogens is 1. The average Bonchev–Trinajstić information content (AvgIpc) is 3.06. The number of nitrogens with zero attached hydrogens (tertiary/aromatic N) is 2. The van der Waals surface area contributed by atoms with E-state index < -0.39 is 5.97 Å². The van der Waals surface area contributed by atoms with Gasteiger partial charge in [-0.05, 0) is 23.6 Å². The number of esters is 1. The van der Waals surface area contributed by atoms with Crippen LogP contribution < -0.4 is 4.74 Å². The number of ether oxygens (including phenoxy) is 2. The molecular weight excluding hydrogens is 352 g/mol. The summed E-state index contributed by atoms with van der Waals surface area (Å²) in [6.07, 6.45) is 3.53. The van der Waals surface area contributed by atoms with E-state index in [-0.39, 0.29) is 13.2 Å². The Morgan fingerprint density at radius 1 is 1.04 bits per heavy atom. The molecule has 0 radical (unpaired) electrons. The predicted octanol–water partition coefficient (Wildman–Crippen LogP) is 4.26. The van der Waals surface area contributed by atoms with Gasteiger partial charge in [-0.15, -0.1) is 0 Å². The van der Waals surface area contributed by atoms with Gasteiger partial charge in [0.15, 0.2) is 6.61 Å². The predicted molar refractivity (Wildman–Crippen MR) is 99.4 cm³/mol. The maximum absolute atomic E-state index is 12.0. The summed E-state index contributed by atoms with van der Waals surface area (Å²) in [4.78, 5) is 16.4. The quantitative estimate of drug-likeness (QED) is 0.495. The Morgan fingerprint density at radius 3 is 2.81 bits per heavy atom. The first-order valence-corrected chi connectivity index (χ1v) is 8.46. The maximum atomic E-state index is 12.0. The van der Waals surface area contributed by atoms with E-state index in [0.717, 1.165) is 16.4 Å². The normalized spacial score (nSPS) is 11.0. The van der Waals surface area contributed by atoms with Crippen molar-refractivity contribution in [1.29, 1.82) is 0 Å². The molecule has 130 valence electrons. The van der Waals surface area contributed by atoms with Gasteiger partial charge in [-0.3, -0.25) is 0 Å². The van der Waals surface area contributed by atoms with Crippen molar-refractivity contribution in [3.8, 4) is 5.75 Å². The second kappa shape index (κ2) is 7.06. The standard InChI is InChI=1S/C20H15ClN2O3/c21-15-8-9-19-22-16(11-23(19)10-15)12-26-20(24)13-25-18-7-3-5-14-4-1-2-6-17(14)18/h1-11H,12-13H2. The van der Waals surface area contributed by atoms with Crippen molar-refractivity contribution in [2.24, 2.45) is 0 Å². The number of aromatic nitrogens is 2. The summed E-state index contributed by atoms with van der Waals surface area (Å²) in [5.74, 6) is 0.204. The van der Waals surface area contributed by atoms with E-state index in [1.807, 2.05) is 42.5 Å². The van der Waals surface area contributed by atoms with E-state index in [1.54, 1.807) is 28.9 Å². The van der Waals surface area contributed by atoms with Gasteiger partial charge in [0.25, 0.3) is 0 Å². The van der Waals surface area contributed by atoms with Gasteiger partial charge in [-0.2, -0.15) is 0 Å². The van der Waals surface area contributed by atoms with Gasteiger partial charge in [-0.1, -0.05) is 48.0 Å². The zero-order chi connectivity index (χ0) is 17.9. The van der Waals surface area contributed by atoms with Crippen LogP contribution in [0.2, 0.25) is 5.02 Å². The van der Waals surface area contributed by atoms with E-state index in [9.17, 15) is 4.79 Å². The molecule has 0 bridgehead atoms. The van der Waals surface area contributed by atoms with Gasteiger partial charge in [0, 0.05) is 17.8 Å². The van der Waals surface area contributed by atoms with Gasteiger partial charge in [0.1, 0.15) is 18.0 Å². The van der Waals surface area contributed by atoms with Crippen LogP contribution in [0, 0.1) is 0 Å². The number of rotatable bonds is 5. The summed E-state index contributed by atoms with van der Waals surface area (Å²) in [5.41, 5.74) is 1.39. The minimum Gasteiger partial charge on any atom is -0.481 e. The van der Waals surface area contributed by atoms with Crippen LogP contribution in [0.15, 0.2) is 67.0 Å². The lowest BCUT2D eigenvalue weighted by atomic mass is 10.1. The molecule has 4 aromatic rings. The molecule has 6 heteroatoms. The van der Waals surface area contributed by atoms with Crippen molar-refractivity contribution < 1.29 is 14.3 Å². The van der Waals surface area contributed by atoms with Gasteiger partial charge in [0.2, 0.25) is 0 Å². The molecule has 0 unspecified atom stereocenters. The molecule has 2 heterocycles. The molecule has 0 saturated heterocycles. The third-order valence-electron chi connectivity index (χ3n) is 3.94. The van der Waals surface area contributed by atoms with E-state index in [0.29, 0.717) is 16.5 Å². The van der Waals surface area contributed by atoms with Crippen molar-refractivity contribution in [2.45, 2.75) is 6.61 Å². The Bertz CT molecular complexity index is 1090. The van der Waals surface area contributed by atoms with Crippen LogP contribution in [0.5, 0.6) is 5.75 Å². The Balaban J connectivity index is 1.37. The zero-order valence-corrected chi connectivity index (χ0v) is 14.5. The summed E-state index contributed by atoms with van der Waals surface area (Å²) >= 11 is 5.95. The fourth-order valence-corrected chi connectivity index (χ4v) is 2.91. The Hall–Kier alpha value is -3.05. The SMILES string of the molecule is O=C(COc1cccc2ccccc12)OCc1cn2cc(Cl)ccc2n1. The fourth-order valence-electron chi connectivity index (χ4n) is 2.74. The van der Waals surface area contributed by atoms with Crippen LogP contribution in [0.3, 0.4) is 0 Å². The summed E-state index contributed by atoms with van der Waals surface area (Å²) in [6, 6.07) is 17.1. The number of pyridine rings is 1. The largest absolute Gasteiger partial charge is 0.481 e. The van der Waals surface area contributed by atoms with E-state index in [2.05, 4.69) is 4.98 Å². The van der Waals surface area contributed by atoms with E-state index in [1.165, 1.54) is 0 Å². The van der Waals surface area contributed by atoms with Crippen molar-refractivity contribution >= 4 is 34.0 Å². The molecule has 4 rings (SSSR count). The minimum absolute atomic E-state index is 0.0804. The van der Waals surface area contributed by atoms with Crippen molar-refractivity contribution in [2.75, 3.05) is 6.61 Å². The number of hydrogen-bond acceptors (Lipinski definition) is 4. The molecule has 0 N–H and O–H groups in total. The first-order chi connectivity index (χ1) is 12.7. The molecule has 26 heavy (non-hydrogen) atoms. The zero-order valence-electron chi connectivity index (χ0n) is 13.8. The number of fused-ring (bicyclic) bond motifs is 2. The highest BCUT2D eigenvalue weighted by atomic mass is 35.5. The molecule has 0 spiro atoms. The maximum Gasteiger partial charge on any atom is 0.344 e. The van der Waals surface area contributed by atoms with Gasteiger partial charge >= 0.3 is 5.97 Å². The molecule has 2 aromatic carbocycles. The summed E-state index contributed by atoms with van der Waals surface area (Å²) < 4.78 is 12.7. The van der Waals surface area contributed by atoms with Gasteiger partial charge < -0.3 is 13.9 Å². The van der Waals surface area contributed by atoms with Crippen LogP contribution >= 0.6 is 11.6 Å². The minimum atomic E-state index is -0.451. The molecule has 0 saturated carbocycles. The van der Waals surface area contributed by atoms with E-state index >= 15 is 0 Å². The molecule has 0 atom stereocenters. The smallest absolute Gasteiger partial charge is 0.344 e. The van der Waals surface area contributed by atoms with Crippen LogP contribution in [-0.4, -0.2) is 22.0 Å². The lowest BCUT2D eigenvalue weighted by Crippen LogP contribution is -2.15. The highest BCUT2D eigenvalue weighted by Crippen LogP contribution is 2.25. The molecule has 2 aromatic heterocycles. The molecule has 0 aliphatic carbocycles. The lowest BCUT2D eigenvalue weighted by Gasteiger charge is -2.09. The number of imidazole rings is 1. The Morgan fingerprint density at radius 2 is 1.88 bits per heavy atom. The average molecular weight is 367 g/mol. The van der Waals surface area contributed by atoms with Crippen LogP contribution in [0.4, 0.5) is 0 Å². The lowest BCUT2D eigenvalue weighted by molar-refractivity contribution is -0.147. The number of hydrogen-bond donors (Lipinski definition) is 0. The van der Waals surface area contributed by atoms with Crippen LogP contribution in [0.25, 0.3) is 16.4 Å². The molecule has 0 aliphatic rings. The third kappa shape index (κ3) is 3.48. The fraction of sp³-hybridized carbons (Fsp3) is 0.100. The number of benzene rings is 2. The molecular formula is C20H15ClN2O3. The topological polar surface area (TPSA) is 52.8 Å². The van der Waals surface area contributed by atoms with Crippen LogP contribution in [0.1, 0.15) is 5.69 Å². The molecule has 0 amide bonds. The highest BCUT2D eigenvalue weighted by molar-refractivity contribution is 6.30. The van der Waals surface area contributed by atoms with Crippen molar-refractivity contribution in [3.05, 3.63) is 77.7 Å². The first-order valence-electron chi connectivity index (χ1n) is 8.08. The van der Waals surface area contributed by atoms with Crippen molar-refractivity contribution in [1.82, 2.24) is 9.38 Å². The van der Waals surface area contributed by atoms with Gasteiger partial charge in [-0.25, -0.2) is 9.78 Å². The highest BCUT2D eigenvalue weighted by Gasteiger charge is 2.09. The second-order valence-corrected chi connectivity index (χ2v) is 6.21. The summed E-state index contributed by atoms with van der Waals surface area (Å²) in [6.45, 7) is -0.0791. The van der Waals surface area contributed by atoms with Crippen molar-refractivity contribution in [3.63, 3.8) is 0 Å². The molecule has 0 fully saturated rings. The van der Waals surface area contributed by atoms with Gasteiger partial charge in [0.05, 0.1) is 10.7 Å². The summed E-state index contributed by atoms with van der Waals surface area (Å²) in [7, 11) is 0. The Kier molecular flexibility index (Phi) is 4.46. The number of carbonyl (C=O) groups excluding carboxylic acids is 1. The molecule has 5 nitrogen and oxygen atoms in total. The monoisotopic (exact) mass is 366 g/mol. The number of carbonyl (C=O) groups is 1. The first kappa shape index (κ1) is 16.4. The summed E-state index contributed by atoms with van der Waals surface area (Å²) in [5, 5.41) is 2.63.